The van der Waals surface area contributed by atoms with Gasteiger partial charge in [0, 0.05) is 38.8 Å². The van der Waals surface area contributed by atoms with E-state index in [2.05, 4.69) is 10.3 Å². The molecule has 0 saturated carbocycles. The molecule has 1 saturated heterocycles. The highest BCUT2D eigenvalue weighted by molar-refractivity contribution is 7.89. The second-order valence-electron chi connectivity index (χ2n) is 8.64. The van der Waals surface area contributed by atoms with Gasteiger partial charge >= 0.3 is 5.97 Å². The Hall–Kier alpha value is -3.57. The molecule has 190 valence electrons. The zero-order valence-corrected chi connectivity index (χ0v) is 21.6. The molecule has 2 aromatic carbocycles. The molecular formula is C25H29N5O5S. The maximum Gasteiger partial charge on any atom is 0.360 e. The van der Waals surface area contributed by atoms with E-state index in [4.69, 9.17) is 9.72 Å². The Morgan fingerprint density at radius 1 is 0.972 bits per heavy atom. The number of sulfonamides is 1. The lowest BCUT2D eigenvalue weighted by Crippen LogP contribution is -2.49. The number of hydrogen-bond donors (Lipinski definition) is 1. The Kier molecular flexibility index (Phi) is 7.23. The molecule has 1 N–H and O–H groups in total. The summed E-state index contributed by atoms with van der Waals surface area (Å²) < 4.78 is 33.0. The first kappa shape index (κ1) is 25.5. The molecule has 1 fully saturated rings. The molecule has 0 aliphatic carbocycles. The molecule has 36 heavy (non-hydrogen) atoms. The van der Waals surface area contributed by atoms with Gasteiger partial charge in [0.25, 0.3) is 0 Å². The molecular weight excluding hydrogens is 482 g/mol. The number of hydrogen-bond acceptors (Lipinski definition) is 8. The van der Waals surface area contributed by atoms with Gasteiger partial charge in [-0.15, -0.1) is 0 Å². The number of esters is 1. The van der Waals surface area contributed by atoms with Gasteiger partial charge in [0.05, 0.1) is 22.5 Å². The third-order valence-electron chi connectivity index (χ3n) is 6.08. The monoisotopic (exact) mass is 511 g/mol. The Labute approximate surface area is 210 Å². The number of anilines is 2. The zero-order chi connectivity index (χ0) is 26.0. The maximum atomic E-state index is 13.2. The molecule has 11 heteroatoms. The van der Waals surface area contributed by atoms with E-state index in [1.54, 1.807) is 19.1 Å². The highest BCUT2D eigenvalue weighted by Gasteiger charge is 2.31. The van der Waals surface area contributed by atoms with Gasteiger partial charge in [-0.2, -0.15) is 4.31 Å². The number of aryl methyl sites for hydroxylation is 2. The topological polar surface area (TPSA) is 122 Å². The summed E-state index contributed by atoms with van der Waals surface area (Å²) in [6.45, 7) is 8.38. The number of nitrogens with zero attached hydrogens (tertiary/aromatic N) is 4. The van der Waals surface area contributed by atoms with Crippen LogP contribution in [0.15, 0.2) is 41.3 Å². The van der Waals surface area contributed by atoms with E-state index >= 15 is 0 Å². The fourth-order valence-electron chi connectivity index (χ4n) is 4.06. The molecule has 1 amide bonds. The summed E-state index contributed by atoms with van der Waals surface area (Å²) in [6, 6.07) is 9.90. The fourth-order valence-corrected chi connectivity index (χ4v) is 5.48. The van der Waals surface area contributed by atoms with Crippen molar-refractivity contribution < 1.29 is 22.7 Å². The van der Waals surface area contributed by atoms with Crippen LogP contribution in [0.2, 0.25) is 0 Å². The zero-order valence-electron chi connectivity index (χ0n) is 20.7. The van der Waals surface area contributed by atoms with E-state index in [0.29, 0.717) is 35.6 Å². The number of ether oxygens (including phenoxy) is 1. The minimum absolute atomic E-state index is 0.123. The number of carbonyl (C=O) groups is 2. The van der Waals surface area contributed by atoms with E-state index < -0.39 is 16.0 Å². The molecule has 1 aromatic heterocycles. The van der Waals surface area contributed by atoms with Gasteiger partial charge in [0.15, 0.2) is 11.5 Å². The summed E-state index contributed by atoms with van der Waals surface area (Å²) in [7, 11) is -3.73. The van der Waals surface area contributed by atoms with E-state index in [-0.39, 0.29) is 36.2 Å². The van der Waals surface area contributed by atoms with Crippen molar-refractivity contribution >= 4 is 44.4 Å². The molecule has 0 bridgehead atoms. The van der Waals surface area contributed by atoms with Crippen molar-refractivity contribution in [2.24, 2.45) is 0 Å². The minimum Gasteiger partial charge on any atom is -0.461 e. The quantitative estimate of drug-likeness (QED) is 0.502. The average molecular weight is 512 g/mol. The minimum atomic E-state index is -3.73. The smallest absolute Gasteiger partial charge is 0.360 e. The van der Waals surface area contributed by atoms with Crippen LogP contribution in [-0.2, 0) is 19.6 Å². The first-order valence-electron chi connectivity index (χ1n) is 11.7. The molecule has 2 heterocycles. The van der Waals surface area contributed by atoms with Gasteiger partial charge in [-0.25, -0.2) is 23.2 Å². The summed E-state index contributed by atoms with van der Waals surface area (Å²) in [4.78, 5) is 35.3. The normalized spacial score (nSPS) is 14.6. The van der Waals surface area contributed by atoms with Crippen LogP contribution < -0.4 is 10.2 Å². The SMILES string of the molecule is CCOC(=O)c1nc2cc(C)c(C)cc2nc1N1CCN(S(=O)(=O)c2ccc(NC(C)=O)cc2)CC1. The second-order valence-corrected chi connectivity index (χ2v) is 10.6. The largest absolute Gasteiger partial charge is 0.461 e. The van der Waals surface area contributed by atoms with Crippen LogP contribution in [-0.4, -0.2) is 67.4 Å². The van der Waals surface area contributed by atoms with E-state index in [1.165, 1.54) is 23.4 Å². The highest BCUT2D eigenvalue weighted by atomic mass is 32.2. The van der Waals surface area contributed by atoms with Gasteiger partial charge in [-0.1, -0.05) is 0 Å². The number of piperazine rings is 1. The predicted molar refractivity (Wildman–Crippen MR) is 137 cm³/mol. The van der Waals surface area contributed by atoms with Crippen molar-refractivity contribution in [1.29, 1.82) is 0 Å². The van der Waals surface area contributed by atoms with Crippen LogP contribution >= 0.6 is 0 Å². The van der Waals surface area contributed by atoms with E-state index in [1.807, 2.05) is 30.9 Å². The summed E-state index contributed by atoms with van der Waals surface area (Å²) >= 11 is 0. The van der Waals surface area contributed by atoms with Gasteiger partial charge in [0.2, 0.25) is 15.9 Å². The lowest BCUT2D eigenvalue weighted by molar-refractivity contribution is -0.114. The van der Waals surface area contributed by atoms with Crippen molar-refractivity contribution in [3.63, 3.8) is 0 Å². The molecule has 4 rings (SSSR count). The van der Waals surface area contributed by atoms with E-state index in [9.17, 15) is 18.0 Å². The van der Waals surface area contributed by atoms with Crippen LogP contribution in [0.25, 0.3) is 11.0 Å². The first-order valence-corrected chi connectivity index (χ1v) is 13.1. The van der Waals surface area contributed by atoms with Gasteiger partial charge in [0.1, 0.15) is 0 Å². The number of carbonyl (C=O) groups excluding carboxylic acids is 2. The Balaban J connectivity index is 1.58. The standard InChI is InChI=1S/C25H29N5O5S/c1-5-35-25(32)23-24(28-22-15-17(3)16(2)14-21(22)27-23)29-10-12-30(13-11-29)36(33,34)20-8-6-19(7-9-20)26-18(4)31/h6-9,14-15H,5,10-13H2,1-4H3,(H,26,31). The Morgan fingerprint density at radius 2 is 1.56 bits per heavy atom. The van der Waals surface area contributed by atoms with Crippen LogP contribution in [0, 0.1) is 13.8 Å². The lowest BCUT2D eigenvalue weighted by Gasteiger charge is -2.35. The fraction of sp³-hybridized carbons (Fsp3) is 0.360. The van der Waals surface area contributed by atoms with Gasteiger partial charge in [-0.05, 0) is 68.3 Å². The molecule has 1 aliphatic rings. The molecule has 0 spiro atoms. The average Bonchev–Trinajstić information content (AvgIpc) is 2.84. The summed E-state index contributed by atoms with van der Waals surface area (Å²) in [5.74, 6) is -0.402. The summed E-state index contributed by atoms with van der Waals surface area (Å²) in [5, 5.41) is 2.62. The maximum absolute atomic E-state index is 13.2. The van der Waals surface area contributed by atoms with Gasteiger partial charge in [-0.3, -0.25) is 4.79 Å². The van der Waals surface area contributed by atoms with Crippen LogP contribution in [0.4, 0.5) is 11.5 Å². The van der Waals surface area contributed by atoms with Crippen LogP contribution in [0.3, 0.4) is 0 Å². The third kappa shape index (κ3) is 5.17. The summed E-state index contributed by atoms with van der Waals surface area (Å²) in [6.07, 6.45) is 0. The second kappa shape index (κ2) is 10.2. The summed E-state index contributed by atoms with van der Waals surface area (Å²) in [5.41, 5.74) is 4.02. The van der Waals surface area contributed by atoms with Crippen molar-refractivity contribution in [3.05, 3.63) is 53.2 Å². The lowest BCUT2D eigenvalue weighted by atomic mass is 10.1. The number of fused-ring (bicyclic) bond motifs is 1. The molecule has 1 aliphatic heterocycles. The molecule has 0 atom stereocenters. The number of aromatic nitrogens is 2. The Bertz CT molecular complexity index is 1420. The first-order chi connectivity index (χ1) is 17.1. The number of rotatable bonds is 6. The van der Waals surface area contributed by atoms with Crippen molar-refractivity contribution in [2.75, 3.05) is 43.0 Å². The van der Waals surface area contributed by atoms with Crippen LogP contribution in [0.5, 0.6) is 0 Å². The van der Waals surface area contributed by atoms with Crippen LogP contribution in [0.1, 0.15) is 35.5 Å². The molecule has 0 radical (unpaired) electrons. The Morgan fingerprint density at radius 3 is 2.11 bits per heavy atom. The number of benzene rings is 2. The molecule has 10 nitrogen and oxygen atoms in total. The van der Waals surface area contributed by atoms with Gasteiger partial charge < -0.3 is 15.0 Å². The molecule has 3 aromatic rings. The van der Waals surface area contributed by atoms with E-state index in [0.717, 1.165) is 11.1 Å². The third-order valence-corrected chi connectivity index (χ3v) is 7.99. The highest BCUT2D eigenvalue weighted by Crippen LogP contribution is 2.26. The number of amides is 1. The van der Waals surface area contributed by atoms with Crippen molar-refractivity contribution in [2.45, 2.75) is 32.6 Å². The van der Waals surface area contributed by atoms with Crippen molar-refractivity contribution in [3.8, 4) is 0 Å². The predicted octanol–water partition coefficient (Wildman–Crippen LogP) is 2.89. The van der Waals surface area contributed by atoms with Crippen molar-refractivity contribution in [1.82, 2.24) is 14.3 Å². The number of nitrogens with one attached hydrogen (secondary N) is 1. The molecule has 0 unspecified atom stereocenters.